The van der Waals surface area contributed by atoms with Crippen LogP contribution in [-0.4, -0.2) is 0 Å². The van der Waals surface area contributed by atoms with Crippen molar-refractivity contribution in [1.82, 2.24) is 0 Å². The molecule has 2 heteroatoms. The van der Waals surface area contributed by atoms with Crippen molar-refractivity contribution in [3.05, 3.63) is 69.2 Å². The lowest BCUT2D eigenvalue weighted by Gasteiger charge is -2.18. The van der Waals surface area contributed by atoms with E-state index in [-0.39, 0.29) is 4.83 Å². The summed E-state index contributed by atoms with van der Waals surface area (Å²) in [5.41, 5.74) is 6.53. The fourth-order valence-corrected chi connectivity index (χ4v) is 3.59. The Morgan fingerprint density at radius 2 is 1.80 bits per heavy atom. The predicted molar refractivity (Wildman–Crippen MR) is 92.2 cm³/mol. The Morgan fingerprint density at radius 3 is 2.45 bits per heavy atom. The molecule has 20 heavy (non-hydrogen) atoms. The van der Waals surface area contributed by atoms with Crippen LogP contribution in [0.25, 0.3) is 0 Å². The van der Waals surface area contributed by atoms with E-state index in [2.05, 4.69) is 61.0 Å². The van der Waals surface area contributed by atoms with Crippen LogP contribution in [0, 0.1) is 6.92 Å². The van der Waals surface area contributed by atoms with Gasteiger partial charge in [-0.3, -0.25) is 0 Å². The Hall–Kier alpha value is -0.790. The Morgan fingerprint density at radius 1 is 1.05 bits per heavy atom. The molecular weight excluding hydrogens is 332 g/mol. The summed E-state index contributed by atoms with van der Waals surface area (Å²) in [6.07, 6.45) is 2.10. The van der Waals surface area contributed by atoms with Crippen LogP contribution in [0.15, 0.2) is 36.4 Å². The second-order valence-corrected chi connectivity index (χ2v) is 6.38. The highest BCUT2D eigenvalue weighted by Gasteiger charge is 2.17. The minimum atomic E-state index is 0.197. The number of aryl methyl sites for hydroxylation is 2. The standard InChI is InChI=1S/C18H20BrCl/c1-4-13-9-10-14(5-2)16(11-13)18(19)15-7-6-8-17(20)12(15)3/h6-11,18H,4-5H2,1-3H3. The number of hydrogen-bond donors (Lipinski definition) is 0. The van der Waals surface area contributed by atoms with Gasteiger partial charge in [0.1, 0.15) is 0 Å². The minimum absolute atomic E-state index is 0.197. The summed E-state index contributed by atoms with van der Waals surface area (Å²) in [6, 6.07) is 12.9. The molecule has 0 radical (unpaired) electrons. The van der Waals surface area contributed by atoms with Gasteiger partial charge in [-0.15, -0.1) is 0 Å². The summed E-state index contributed by atoms with van der Waals surface area (Å²) < 4.78 is 0. The van der Waals surface area contributed by atoms with Gasteiger partial charge in [0.25, 0.3) is 0 Å². The molecule has 2 rings (SSSR count). The molecule has 0 amide bonds. The second-order valence-electron chi connectivity index (χ2n) is 5.06. The molecule has 0 aliphatic rings. The first kappa shape index (κ1) is 15.6. The van der Waals surface area contributed by atoms with Crippen LogP contribution in [0.3, 0.4) is 0 Å². The normalized spacial score (nSPS) is 12.4. The van der Waals surface area contributed by atoms with Crippen molar-refractivity contribution in [3.8, 4) is 0 Å². The monoisotopic (exact) mass is 350 g/mol. The number of halogens is 2. The quantitative estimate of drug-likeness (QED) is 0.570. The second kappa shape index (κ2) is 6.78. The minimum Gasteiger partial charge on any atom is -0.0840 e. The van der Waals surface area contributed by atoms with Gasteiger partial charge in [0.15, 0.2) is 0 Å². The summed E-state index contributed by atoms with van der Waals surface area (Å²) >= 11 is 10.1. The van der Waals surface area contributed by atoms with Crippen molar-refractivity contribution in [2.24, 2.45) is 0 Å². The lowest BCUT2D eigenvalue weighted by Crippen LogP contribution is -2.01. The Labute approximate surface area is 135 Å². The van der Waals surface area contributed by atoms with Gasteiger partial charge in [-0.2, -0.15) is 0 Å². The zero-order valence-electron chi connectivity index (χ0n) is 12.2. The van der Waals surface area contributed by atoms with Gasteiger partial charge in [-0.1, -0.05) is 71.7 Å². The van der Waals surface area contributed by atoms with Crippen molar-refractivity contribution < 1.29 is 0 Å². The zero-order chi connectivity index (χ0) is 14.7. The van der Waals surface area contributed by atoms with E-state index >= 15 is 0 Å². The van der Waals surface area contributed by atoms with E-state index in [4.69, 9.17) is 11.6 Å². The van der Waals surface area contributed by atoms with Gasteiger partial charge in [-0.25, -0.2) is 0 Å². The molecular formula is C18H20BrCl. The summed E-state index contributed by atoms with van der Waals surface area (Å²) in [5, 5.41) is 0.830. The van der Waals surface area contributed by atoms with E-state index in [1.54, 1.807) is 0 Å². The molecule has 0 bridgehead atoms. The van der Waals surface area contributed by atoms with E-state index in [1.807, 2.05) is 12.1 Å². The molecule has 1 atom stereocenters. The Bertz CT molecular complexity index is 604. The van der Waals surface area contributed by atoms with E-state index < -0.39 is 0 Å². The van der Waals surface area contributed by atoms with Crippen LogP contribution in [0.2, 0.25) is 5.02 Å². The van der Waals surface area contributed by atoms with Crippen LogP contribution >= 0.6 is 27.5 Å². The van der Waals surface area contributed by atoms with Crippen molar-refractivity contribution in [2.75, 3.05) is 0 Å². The maximum atomic E-state index is 6.26. The molecule has 0 fully saturated rings. The third-order valence-corrected chi connectivity index (χ3v) is 5.25. The molecule has 2 aromatic rings. The van der Waals surface area contributed by atoms with Gasteiger partial charge in [0.05, 0.1) is 4.83 Å². The summed E-state index contributed by atoms with van der Waals surface area (Å²) in [5.74, 6) is 0. The zero-order valence-corrected chi connectivity index (χ0v) is 14.6. The van der Waals surface area contributed by atoms with Crippen LogP contribution in [0.1, 0.15) is 46.5 Å². The van der Waals surface area contributed by atoms with E-state index in [0.29, 0.717) is 0 Å². The molecule has 0 N–H and O–H groups in total. The van der Waals surface area contributed by atoms with Crippen LogP contribution in [-0.2, 0) is 12.8 Å². The van der Waals surface area contributed by atoms with Gasteiger partial charge >= 0.3 is 0 Å². The van der Waals surface area contributed by atoms with Crippen molar-refractivity contribution in [3.63, 3.8) is 0 Å². The first-order valence-electron chi connectivity index (χ1n) is 7.09. The third kappa shape index (κ3) is 3.10. The van der Waals surface area contributed by atoms with Crippen molar-refractivity contribution in [2.45, 2.75) is 38.4 Å². The average Bonchev–Trinajstić information content (AvgIpc) is 2.48. The van der Waals surface area contributed by atoms with Crippen LogP contribution in [0.5, 0.6) is 0 Å². The van der Waals surface area contributed by atoms with Crippen molar-refractivity contribution in [1.29, 1.82) is 0 Å². The molecule has 0 heterocycles. The fraction of sp³-hybridized carbons (Fsp3) is 0.333. The molecule has 0 nitrogen and oxygen atoms in total. The largest absolute Gasteiger partial charge is 0.0840 e. The molecule has 106 valence electrons. The van der Waals surface area contributed by atoms with Gasteiger partial charge in [0, 0.05) is 5.02 Å². The Kier molecular flexibility index (Phi) is 5.29. The molecule has 0 aromatic heterocycles. The number of hydrogen-bond acceptors (Lipinski definition) is 0. The maximum absolute atomic E-state index is 6.26. The number of rotatable bonds is 4. The number of benzene rings is 2. The smallest absolute Gasteiger partial charge is 0.0650 e. The molecule has 0 aliphatic carbocycles. The Balaban J connectivity index is 2.51. The maximum Gasteiger partial charge on any atom is 0.0650 e. The molecule has 2 aromatic carbocycles. The molecule has 1 unspecified atom stereocenters. The van der Waals surface area contributed by atoms with E-state index in [9.17, 15) is 0 Å². The summed E-state index contributed by atoms with van der Waals surface area (Å²) in [6.45, 7) is 6.48. The summed E-state index contributed by atoms with van der Waals surface area (Å²) in [7, 11) is 0. The van der Waals surface area contributed by atoms with Gasteiger partial charge < -0.3 is 0 Å². The van der Waals surface area contributed by atoms with Gasteiger partial charge in [-0.05, 0) is 53.6 Å². The van der Waals surface area contributed by atoms with Gasteiger partial charge in [0.2, 0.25) is 0 Å². The highest BCUT2D eigenvalue weighted by Crippen LogP contribution is 2.37. The molecule has 0 spiro atoms. The predicted octanol–water partition coefficient (Wildman–Crippen LogP) is 6.26. The molecule has 0 aliphatic heterocycles. The lowest BCUT2D eigenvalue weighted by molar-refractivity contribution is 1.02. The van der Waals surface area contributed by atoms with Crippen LogP contribution in [0.4, 0.5) is 0 Å². The first-order valence-corrected chi connectivity index (χ1v) is 8.38. The topological polar surface area (TPSA) is 0 Å². The van der Waals surface area contributed by atoms with E-state index in [1.165, 1.54) is 22.3 Å². The average molecular weight is 352 g/mol. The fourth-order valence-electron chi connectivity index (χ4n) is 2.49. The van der Waals surface area contributed by atoms with Crippen LogP contribution < -0.4 is 0 Å². The summed E-state index contributed by atoms with van der Waals surface area (Å²) in [4.78, 5) is 0.197. The van der Waals surface area contributed by atoms with E-state index in [0.717, 1.165) is 23.4 Å². The first-order chi connectivity index (χ1) is 9.58. The van der Waals surface area contributed by atoms with Crippen molar-refractivity contribution >= 4 is 27.5 Å². The number of alkyl halides is 1. The lowest BCUT2D eigenvalue weighted by atomic mass is 9.93. The SMILES string of the molecule is CCc1ccc(CC)c(C(Br)c2cccc(Cl)c2C)c1. The molecule has 0 saturated carbocycles. The highest BCUT2D eigenvalue weighted by molar-refractivity contribution is 9.09. The molecule has 0 saturated heterocycles. The third-order valence-electron chi connectivity index (χ3n) is 3.86. The highest BCUT2D eigenvalue weighted by atomic mass is 79.9.